The molecule has 0 spiro atoms. The standard InChI is InChI=1S/C9H11NO4.C2H3ClO2/c10-6(9(13)14)3-5-1-2-7(11)8(12)4-5;1-5-2(3)4/h1-2,4,6,11-12H,3,10H2,(H,13,14);1H3. The van der Waals surface area contributed by atoms with Gasteiger partial charge in [-0.05, 0) is 24.1 Å². The fourth-order valence-electron chi connectivity index (χ4n) is 1.04. The molecule has 7 nitrogen and oxygen atoms in total. The van der Waals surface area contributed by atoms with Crippen molar-refractivity contribution < 1.29 is 29.6 Å². The summed E-state index contributed by atoms with van der Waals surface area (Å²) < 4.78 is 3.88. The number of phenolic OH excluding ortho intramolecular Hbond substituents is 2. The van der Waals surface area contributed by atoms with Gasteiger partial charge in [0.1, 0.15) is 6.04 Å². The number of phenols is 2. The van der Waals surface area contributed by atoms with E-state index < -0.39 is 17.4 Å². The highest BCUT2D eigenvalue weighted by molar-refractivity contribution is 6.61. The van der Waals surface area contributed by atoms with Crippen molar-refractivity contribution in [1.29, 1.82) is 0 Å². The number of hydrogen-bond acceptors (Lipinski definition) is 6. The second-order valence-corrected chi connectivity index (χ2v) is 3.72. The molecular formula is C11H14ClNO6. The zero-order valence-corrected chi connectivity index (χ0v) is 10.8. The summed E-state index contributed by atoms with van der Waals surface area (Å²) in [6.07, 6.45) is 0.114. The van der Waals surface area contributed by atoms with Crippen LogP contribution in [0, 0.1) is 0 Å². The van der Waals surface area contributed by atoms with Crippen molar-refractivity contribution >= 4 is 23.0 Å². The number of carbonyl (C=O) groups is 2. The number of nitrogens with two attached hydrogens (primary N) is 1. The quantitative estimate of drug-likeness (QED) is 0.483. The van der Waals surface area contributed by atoms with Crippen LogP contribution in [0.2, 0.25) is 0 Å². The first kappa shape index (κ1) is 17.0. The van der Waals surface area contributed by atoms with E-state index >= 15 is 0 Å². The van der Waals surface area contributed by atoms with Crippen LogP contribution in [-0.4, -0.2) is 39.9 Å². The summed E-state index contributed by atoms with van der Waals surface area (Å²) in [6.45, 7) is 0. The first-order valence-electron chi connectivity index (χ1n) is 5.00. The van der Waals surface area contributed by atoms with Crippen LogP contribution in [0.15, 0.2) is 18.2 Å². The van der Waals surface area contributed by atoms with Crippen molar-refractivity contribution in [1.82, 2.24) is 0 Å². The Morgan fingerprint density at radius 3 is 2.26 bits per heavy atom. The van der Waals surface area contributed by atoms with Crippen LogP contribution in [0.3, 0.4) is 0 Å². The van der Waals surface area contributed by atoms with E-state index in [1.807, 2.05) is 0 Å². The summed E-state index contributed by atoms with van der Waals surface area (Å²) in [5.41, 5.74) is 5.08. The SMILES string of the molecule is COC(=O)Cl.NC(Cc1ccc(O)c(O)c1)C(=O)O. The second-order valence-electron chi connectivity index (χ2n) is 3.41. The molecule has 106 valence electrons. The van der Waals surface area contributed by atoms with Gasteiger partial charge in [0.05, 0.1) is 7.11 Å². The minimum Gasteiger partial charge on any atom is -0.504 e. The molecule has 19 heavy (non-hydrogen) atoms. The first-order valence-corrected chi connectivity index (χ1v) is 5.38. The zero-order valence-electron chi connectivity index (χ0n) is 10.0. The molecule has 0 heterocycles. The number of halogens is 1. The normalized spacial score (nSPS) is 10.9. The smallest absolute Gasteiger partial charge is 0.403 e. The van der Waals surface area contributed by atoms with E-state index in [0.717, 1.165) is 0 Å². The Morgan fingerprint density at radius 1 is 1.37 bits per heavy atom. The molecule has 5 N–H and O–H groups in total. The van der Waals surface area contributed by atoms with Crippen LogP contribution in [0.4, 0.5) is 4.79 Å². The molecule has 1 unspecified atom stereocenters. The minimum absolute atomic E-state index is 0.114. The summed E-state index contributed by atoms with van der Waals surface area (Å²) >= 11 is 4.60. The molecule has 0 bridgehead atoms. The first-order chi connectivity index (χ1) is 8.77. The summed E-state index contributed by atoms with van der Waals surface area (Å²) in [4.78, 5) is 19.8. The van der Waals surface area contributed by atoms with E-state index in [9.17, 15) is 9.59 Å². The van der Waals surface area contributed by atoms with Gasteiger partial charge in [0.15, 0.2) is 11.5 Å². The number of carboxylic acid groups (broad SMARTS) is 1. The van der Waals surface area contributed by atoms with Gasteiger partial charge >= 0.3 is 11.4 Å². The summed E-state index contributed by atoms with van der Waals surface area (Å²) in [5, 5.41) is 26.6. The van der Waals surface area contributed by atoms with Gasteiger partial charge in [-0.1, -0.05) is 6.07 Å². The van der Waals surface area contributed by atoms with Crippen molar-refractivity contribution in [2.45, 2.75) is 12.5 Å². The van der Waals surface area contributed by atoms with Crippen LogP contribution in [-0.2, 0) is 16.0 Å². The number of aromatic hydroxyl groups is 2. The van der Waals surface area contributed by atoms with Gasteiger partial charge in [-0.15, -0.1) is 0 Å². The molecule has 0 radical (unpaired) electrons. The van der Waals surface area contributed by atoms with Gasteiger partial charge in [0.2, 0.25) is 0 Å². The molecule has 0 fully saturated rings. The molecule has 0 aliphatic carbocycles. The maximum absolute atomic E-state index is 10.4. The number of carboxylic acids is 1. The number of ether oxygens (including phenoxy) is 1. The van der Waals surface area contributed by atoms with Crippen molar-refractivity contribution in [2.75, 3.05) is 7.11 Å². The van der Waals surface area contributed by atoms with E-state index in [-0.39, 0.29) is 17.9 Å². The molecular weight excluding hydrogens is 278 g/mol. The topological polar surface area (TPSA) is 130 Å². The summed E-state index contributed by atoms with van der Waals surface area (Å²) in [5.74, 6) is -1.62. The van der Waals surface area contributed by atoms with E-state index in [1.54, 1.807) is 0 Å². The van der Waals surface area contributed by atoms with Crippen LogP contribution in [0.25, 0.3) is 0 Å². The van der Waals surface area contributed by atoms with Gasteiger partial charge in [-0.2, -0.15) is 0 Å². The Balaban J connectivity index is 0.000000555. The van der Waals surface area contributed by atoms with Crippen LogP contribution >= 0.6 is 11.6 Å². The predicted molar refractivity (Wildman–Crippen MR) is 67.3 cm³/mol. The summed E-state index contributed by atoms with van der Waals surface area (Å²) in [6, 6.07) is 3.09. The highest BCUT2D eigenvalue weighted by Gasteiger charge is 2.12. The Bertz CT molecular complexity index is 451. The van der Waals surface area contributed by atoms with Crippen molar-refractivity contribution in [3.63, 3.8) is 0 Å². The number of rotatable bonds is 3. The number of carbonyl (C=O) groups excluding carboxylic acids is 1. The molecule has 0 saturated carbocycles. The van der Waals surface area contributed by atoms with E-state index in [4.69, 9.17) is 21.1 Å². The molecule has 0 saturated heterocycles. The fourth-order valence-corrected chi connectivity index (χ4v) is 1.04. The molecule has 1 aromatic rings. The lowest BCUT2D eigenvalue weighted by atomic mass is 10.1. The molecule has 0 amide bonds. The molecule has 1 aromatic carbocycles. The largest absolute Gasteiger partial charge is 0.504 e. The van der Waals surface area contributed by atoms with Crippen molar-refractivity contribution in [3.05, 3.63) is 23.8 Å². The van der Waals surface area contributed by atoms with E-state index in [0.29, 0.717) is 5.56 Å². The van der Waals surface area contributed by atoms with Gasteiger partial charge in [0, 0.05) is 11.6 Å². The van der Waals surface area contributed by atoms with Crippen LogP contribution in [0.5, 0.6) is 11.5 Å². The van der Waals surface area contributed by atoms with Crippen LogP contribution < -0.4 is 5.73 Å². The highest BCUT2D eigenvalue weighted by atomic mass is 35.5. The van der Waals surface area contributed by atoms with E-state index in [2.05, 4.69) is 16.3 Å². The minimum atomic E-state index is -1.10. The zero-order chi connectivity index (χ0) is 15.0. The number of aliphatic carboxylic acids is 1. The molecule has 1 atom stereocenters. The molecule has 0 aromatic heterocycles. The molecule has 8 heteroatoms. The Hall–Kier alpha value is -1.99. The third-order valence-electron chi connectivity index (χ3n) is 1.97. The third-order valence-corrected chi connectivity index (χ3v) is 2.13. The third kappa shape index (κ3) is 7.12. The molecule has 1 rings (SSSR count). The molecule has 0 aliphatic heterocycles. The maximum Gasteiger partial charge on any atom is 0.403 e. The second kappa shape index (κ2) is 8.17. The number of benzene rings is 1. The average Bonchev–Trinajstić information content (AvgIpc) is 2.34. The lowest BCUT2D eigenvalue weighted by Gasteiger charge is -2.06. The van der Waals surface area contributed by atoms with Crippen LogP contribution in [0.1, 0.15) is 5.56 Å². The summed E-state index contributed by atoms with van der Waals surface area (Å²) in [7, 11) is 1.22. The number of methoxy groups -OCH3 is 1. The Labute approximate surface area is 114 Å². The monoisotopic (exact) mass is 291 g/mol. The highest BCUT2D eigenvalue weighted by Crippen LogP contribution is 2.25. The lowest BCUT2D eigenvalue weighted by molar-refractivity contribution is -0.138. The predicted octanol–water partition coefficient (Wildman–Crippen LogP) is 1.04. The lowest BCUT2D eigenvalue weighted by Crippen LogP contribution is -2.32. The maximum atomic E-state index is 10.4. The number of hydrogen-bond donors (Lipinski definition) is 4. The van der Waals surface area contributed by atoms with E-state index in [1.165, 1.54) is 25.3 Å². The Kier molecular flexibility index (Phi) is 7.32. The van der Waals surface area contributed by atoms with Crippen molar-refractivity contribution in [2.24, 2.45) is 5.73 Å². The van der Waals surface area contributed by atoms with Gasteiger partial charge in [-0.25, -0.2) is 4.79 Å². The Morgan fingerprint density at radius 2 is 1.89 bits per heavy atom. The molecule has 0 aliphatic rings. The van der Waals surface area contributed by atoms with Gasteiger partial charge in [0.25, 0.3) is 0 Å². The fraction of sp³-hybridized carbons (Fsp3) is 0.273. The van der Waals surface area contributed by atoms with Gasteiger partial charge in [-0.3, -0.25) is 4.79 Å². The van der Waals surface area contributed by atoms with Gasteiger partial charge < -0.3 is 25.8 Å². The van der Waals surface area contributed by atoms with Crippen molar-refractivity contribution in [3.8, 4) is 11.5 Å². The average molecular weight is 292 g/mol.